The van der Waals surface area contributed by atoms with Crippen molar-refractivity contribution in [2.45, 2.75) is 105 Å². The maximum absolute atomic E-state index is 14.3. The Kier molecular flexibility index (Phi) is 7.65. The summed E-state index contributed by atoms with van der Waals surface area (Å²) < 4.78 is 17.6. The molecule has 6 aromatic rings. The monoisotopic (exact) mass is 816 g/mol. The number of hydrogen-bond donors (Lipinski definition) is 3. The topological polar surface area (TPSA) is 138 Å². The fourth-order valence-electron chi connectivity index (χ4n) is 8.62. The van der Waals surface area contributed by atoms with E-state index >= 15 is 0 Å². The molecule has 2 aromatic heterocycles. The number of nitrogen functional groups attached to an aromatic ring is 1. The Morgan fingerprint density at radius 3 is 1.50 bits per heavy atom. The molecular formula is C49H52N8O2S. The second-order valence-corrected chi connectivity index (χ2v) is 22.8. The third-order valence-corrected chi connectivity index (χ3v) is 14.8. The molecule has 4 aromatic carbocycles. The van der Waals surface area contributed by atoms with Gasteiger partial charge < -0.3 is 15.4 Å². The van der Waals surface area contributed by atoms with E-state index < -0.39 is 10.7 Å². The fourth-order valence-corrected chi connectivity index (χ4v) is 11.1. The van der Waals surface area contributed by atoms with Crippen molar-refractivity contribution in [2.75, 3.05) is 5.73 Å². The van der Waals surface area contributed by atoms with Gasteiger partial charge in [-0.05, 0) is 68.2 Å². The first-order valence-electron chi connectivity index (χ1n) is 20.6. The Morgan fingerprint density at radius 2 is 0.917 bits per heavy atom. The number of fused-ring (bicyclic) bond motifs is 15. The van der Waals surface area contributed by atoms with E-state index in [4.69, 9.17) is 30.7 Å². The molecule has 0 spiro atoms. The van der Waals surface area contributed by atoms with Gasteiger partial charge in [-0.1, -0.05) is 132 Å². The first kappa shape index (κ1) is 38.4. The van der Waals surface area contributed by atoms with Gasteiger partial charge in [-0.25, -0.2) is 32.9 Å². The molecule has 4 aliphatic rings. The van der Waals surface area contributed by atoms with Crippen LogP contribution < -0.4 is 16.7 Å². The average molecular weight is 817 g/mol. The molecule has 4 aliphatic heterocycles. The lowest BCUT2D eigenvalue weighted by Gasteiger charge is -2.37. The third-order valence-electron chi connectivity index (χ3n) is 12.4. The molecule has 6 heterocycles. The fraction of sp³-hybridized carbons (Fsp3) is 0.327. The highest BCUT2D eigenvalue weighted by atomic mass is 32.3. The number of hydrogen-bond acceptors (Lipinski definition) is 8. The van der Waals surface area contributed by atoms with Crippen LogP contribution in [0.1, 0.15) is 128 Å². The lowest BCUT2D eigenvalue weighted by atomic mass is 9.85. The van der Waals surface area contributed by atoms with E-state index in [0.29, 0.717) is 50.6 Å². The second-order valence-electron chi connectivity index (χ2n) is 20.7. The number of aromatic nitrogens is 2. The van der Waals surface area contributed by atoms with Gasteiger partial charge in [0.15, 0.2) is 34.3 Å². The summed E-state index contributed by atoms with van der Waals surface area (Å²) in [5.74, 6) is 1.94. The van der Waals surface area contributed by atoms with E-state index in [1.54, 1.807) is 7.94 Å². The molecule has 11 heteroatoms. The number of rotatable bonds is 0. The van der Waals surface area contributed by atoms with Gasteiger partial charge in [0.25, 0.3) is 0 Å². The van der Waals surface area contributed by atoms with Crippen molar-refractivity contribution >= 4 is 67.1 Å². The first-order valence-corrected chi connectivity index (χ1v) is 22.1. The van der Waals surface area contributed by atoms with Crippen LogP contribution in [0.3, 0.4) is 0 Å². The number of aliphatic hydroxyl groups is 1. The minimum Gasteiger partial charge on any atom is -0.498 e. The molecule has 4 N–H and O–H groups in total. The molecule has 306 valence electrons. The number of nitrogens with two attached hydrogens (primary N) is 1. The summed E-state index contributed by atoms with van der Waals surface area (Å²) in [6.07, 6.45) is 0. The average Bonchev–Trinajstić information content (AvgIpc) is 3.87. The van der Waals surface area contributed by atoms with E-state index in [-0.39, 0.29) is 38.3 Å². The Hall–Kier alpha value is -5.78. The molecule has 0 saturated carbocycles. The lowest BCUT2D eigenvalue weighted by molar-refractivity contribution is 0.435. The normalized spacial score (nSPS) is 19.5. The predicted molar refractivity (Wildman–Crippen MR) is 248 cm³/mol. The standard InChI is InChI=1S/C49H52N8O2S/c1-46(2,3)25-15-19-31-33(21-25)38(50)56-42(31)55-41-35-23-27(48(7,8)9)14-18-30(35)39(52-41)53-44-36-24-28(49(10,11)12)16-20-32(36)43-54-40-34-22-26(47(4,5)6)13-17-29(34)37(51-40)45(58)60(56,59)57(43)44/h13-24,58-59H,50H2,1-12H3. The van der Waals surface area contributed by atoms with Crippen LogP contribution in [0.2, 0.25) is 0 Å². The lowest BCUT2D eigenvalue weighted by Crippen LogP contribution is -2.37. The molecule has 60 heavy (non-hydrogen) atoms. The molecule has 1 unspecified atom stereocenters. The number of nitrogens with zero attached hydrogens (tertiary/aromatic N) is 7. The smallest absolute Gasteiger partial charge is 0.221 e. The number of anilines is 1. The Bertz CT molecular complexity index is 3220. The van der Waals surface area contributed by atoms with Crippen LogP contribution in [0.15, 0.2) is 103 Å². The van der Waals surface area contributed by atoms with E-state index in [9.17, 15) is 9.66 Å². The highest BCUT2D eigenvalue weighted by Gasteiger charge is 2.45. The minimum absolute atomic E-state index is 0.151. The Labute approximate surface area is 352 Å². The van der Waals surface area contributed by atoms with Crippen LogP contribution in [-0.4, -0.2) is 35.1 Å². The highest BCUT2D eigenvalue weighted by molar-refractivity contribution is 8.29. The van der Waals surface area contributed by atoms with Gasteiger partial charge in [-0.15, -0.1) is 0 Å². The molecule has 0 radical (unpaired) electrons. The molecule has 10 rings (SSSR count). The van der Waals surface area contributed by atoms with Crippen molar-refractivity contribution in [3.8, 4) is 0 Å². The number of aliphatic hydroxyl groups excluding tert-OH is 1. The summed E-state index contributed by atoms with van der Waals surface area (Å²) in [6, 6.07) is 24.9. The van der Waals surface area contributed by atoms with Crippen LogP contribution in [0.5, 0.6) is 0 Å². The van der Waals surface area contributed by atoms with Gasteiger partial charge in [0.05, 0.1) is 0 Å². The maximum atomic E-state index is 14.3. The summed E-state index contributed by atoms with van der Waals surface area (Å²) in [5.41, 5.74) is 15.1. The highest BCUT2D eigenvalue weighted by Crippen LogP contribution is 2.61. The van der Waals surface area contributed by atoms with Crippen LogP contribution in [0, 0.1) is 0 Å². The van der Waals surface area contributed by atoms with Gasteiger partial charge in [-0.2, -0.15) is 0 Å². The summed E-state index contributed by atoms with van der Waals surface area (Å²) in [6.45, 7) is 26.0. The van der Waals surface area contributed by atoms with E-state index in [0.717, 1.165) is 49.7 Å². The molecule has 1 atom stereocenters. The molecule has 0 fully saturated rings. The van der Waals surface area contributed by atoms with Gasteiger partial charge in [0.1, 0.15) is 22.2 Å². The molecular weight excluding hydrogens is 765 g/mol. The Balaban J connectivity index is 1.45. The van der Waals surface area contributed by atoms with Gasteiger partial charge in [0, 0.05) is 43.8 Å². The SMILES string of the molecule is CC(C)(C)c1ccc2c(c1)C1=Nc3c4ccc(C(C)(C)C)cc4c(N)n3S3(O)C(O)=C4N=C(N=c5c6ccc(C(C)(C)C)cc6c(n53)=NC2=N1)c1cc(C(C)(C)C)ccc14. The van der Waals surface area contributed by atoms with Crippen molar-refractivity contribution in [1.82, 2.24) is 7.94 Å². The van der Waals surface area contributed by atoms with Crippen molar-refractivity contribution in [3.05, 3.63) is 133 Å². The van der Waals surface area contributed by atoms with E-state index in [1.165, 1.54) is 0 Å². The molecule has 0 amide bonds. The molecule has 0 saturated heterocycles. The predicted octanol–water partition coefficient (Wildman–Crippen LogP) is 10.6. The zero-order valence-corrected chi connectivity index (χ0v) is 37.3. The van der Waals surface area contributed by atoms with Crippen molar-refractivity contribution in [3.63, 3.8) is 0 Å². The van der Waals surface area contributed by atoms with Crippen molar-refractivity contribution in [2.24, 2.45) is 25.0 Å². The van der Waals surface area contributed by atoms with Crippen LogP contribution >= 0.6 is 10.7 Å². The summed E-state index contributed by atoms with van der Waals surface area (Å²) in [4.78, 5) is 26.4. The minimum atomic E-state index is -3.90. The third kappa shape index (κ3) is 5.34. The van der Waals surface area contributed by atoms with Gasteiger partial charge in [-0.3, -0.25) is 0 Å². The van der Waals surface area contributed by atoms with Crippen LogP contribution in [-0.2, 0) is 21.7 Å². The summed E-state index contributed by atoms with van der Waals surface area (Å²) in [5, 5.41) is 15.8. The molecule has 0 aliphatic carbocycles. The van der Waals surface area contributed by atoms with E-state index in [1.807, 2.05) is 18.2 Å². The van der Waals surface area contributed by atoms with Crippen molar-refractivity contribution in [1.29, 1.82) is 0 Å². The number of amidine groups is 3. The Morgan fingerprint density at radius 1 is 0.467 bits per heavy atom. The van der Waals surface area contributed by atoms with Crippen LogP contribution in [0.25, 0.3) is 27.2 Å². The first-order chi connectivity index (χ1) is 28.0. The maximum Gasteiger partial charge on any atom is 0.221 e. The number of benzene rings is 4. The van der Waals surface area contributed by atoms with Gasteiger partial charge >= 0.3 is 0 Å². The quantitative estimate of drug-likeness (QED) is 0.141. The van der Waals surface area contributed by atoms with Crippen molar-refractivity contribution < 1.29 is 9.66 Å². The largest absolute Gasteiger partial charge is 0.498 e. The molecule has 4 bridgehead atoms. The zero-order valence-electron chi connectivity index (χ0n) is 36.4. The summed E-state index contributed by atoms with van der Waals surface area (Å²) >= 11 is 0. The molecule has 10 nitrogen and oxygen atoms in total. The zero-order chi connectivity index (χ0) is 42.8. The van der Waals surface area contributed by atoms with Crippen LogP contribution in [0.4, 0.5) is 11.6 Å². The summed E-state index contributed by atoms with van der Waals surface area (Å²) in [7, 11) is -3.90. The second kappa shape index (κ2) is 11.9. The van der Waals surface area contributed by atoms with E-state index in [2.05, 4.69) is 138 Å². The van der Waals surface area contributed by atoms with Gasteiger partial charge in [0.2, 0.25) is 5.09 Å². The number of aliphatic imine (C=N–C) groups is 3.